The van der Waals surface area contributed by atoms with E-state index in [0.29, 0.717) is 0 Å². The van der Waals surface area contributed by atoms with Crippen molar-refractivity contribution in [3.8, 4) is 0 Å². The summed E-state index contributed by atoms with van der Waals surface area (Å²) in [4.78, 5) is 8.45. The summed E-state index contributed by atoms with van der Waals surface area (Å²) in [7, 11) is 0. The number of hydrogen-bond acceptors (Lipinski definition) is 4. The van der Waals surface area contributed by atoms with Crippen LogP contribution in [-0.2, 0) is 31.1 Å². The molecule has 0 aliphatic heterocycles. The standard InChI is InChI=1S/C9H9NO.C7H4NO.4ClH.Zr/c1-2-9-10-7-5-3-4-6-8(7)11-9;1-2-4-7-6(3-1)8-5-9-7;;;;;/h3-6H,2H2,1H3;1-4H;4*1H;/q;;;;;;+4/p-4. The summed E-state index contributed by atoms with van der Waals surface area (Å²) in [5.41, 5.74) is 3.66. The summed E-state index contributed by atoms with van der Waals surface area (Å²) in [6.45, 7) is 2.03. The van der Waals surface area contributed by atoms with E-state index in [9.17, 15) is 0 Å². The number of para-hydroxylation sites is 4. The van der Waals surface area contributed by atoms with Crippen LogP contribution in [0, 0.1) is 0 Å². The van der Waals surface area contributed by atoms with Gasteiger partial charge in [0.15, 0.2) is 11.5 Å². The molecule has 0 aliphatic carbocycles. The summed E-state index contributed by atoms with van der Waals surface area (Å²) in [5, 5.41) is 0. The third-order valence-corrected chi connectivity index (χ3v) is 3.46. The van der Waals surface area contributed by atoms with Crippen molar-refractivity contribution in [3.05, 3.63) is 54.4 Å². The molecule has 0 atom stereocenters. The first-order chi connectivity index (χ1) is 10.3. The molecule has 0 fully saturated rings. The Hall–Kier alpha value is -0.577. The molecule has 0 unspecified atom stereocenters. The summed E-state index contributed by atoms with van der Waals surface area (Å²) >= 11 is 1.22. The van der Waals surface area contributed by atoms with E-state index in [-0.39, 0.29) is 49.6 Å². The average molecular weight is 498 g/mol. The monoisotopic (exact) mass is 495 g/mol. The van der Waals surface area contributed by atoms with Crippen LogP contribution in [0.1, 0.15) is 12.8 Å². The molecular formula is C16H13Cl4N2O2Zr. The zero-order valence-corrected chi connectivity index (χ0v) is 18.5. The van der Waals surface area contributed by atoms with E-state index in [2.05, 4.69) is 9.97 Å². The van der Waals surface area contributed by atoms with Crippen molar-refractivity contribution in [3.63, 3.8) is 0 Å². The SMILES string of the molecule is CCc1nc2ccccc2o1.[Cl-].[Cl-].[Cl-].[Cl-].[Zr+4][c]1nc2ccccc2o1. The number of benzene rings is 2. The predicted octanol–water partition coefficient (Wildman–Crippen LogP) is -8.59. The van der Waals surface area contributed by atoms with Crippen molar-refractivity contribution in [2.75, 3.05) is 0 Å². The first-order valence-corrected chi connectivity index (χ1v) is 7.91. The zero-order valence-electron chi connectivity index (χ0n) is 13.0. The summed E-state index contributed by atoms with van der Waals surface area (Å²) in [6.07, 6.45) is 0.856. The van der Waals surface area contributed by atoms with Crippen molar-refractivity contribution < 1.29 is 83.2 Å². The fraction of sp³-hybridized carbons (Fsp3) is 0.125. The predicted molar refractivity (Wildman–Crippen MR) is 77.0 cm³/mol. The van der Waals surface area contributed by atoms with Crippen LogP contribution >= 0.6 is 0 Å². The Morgan fingerprint density at radius 1 is 0.760 bits per heavy atom. The van der Waals surface area contributed by atoms with Crippen LogP contribution < -0.4 is 53.2 Å². The van der Waals surface area contributed by atoms with Gasteiger partial charge in [0.1, 0.15) is 5.52 Å². The first kappa shape index (κ1) is 26.7. The van der Waals surface area contributed by atoms with E-state index in [1.54, 1.807) is 0 Å². The van der Waals surface area contributed by atoms with E-state index in [1.807, 2.05) is 55.5 Å². The maximum atomic E-state index is 5.41. The van der Waals surface area contributed by atoms with Gasteiger partial charge >= 0.3 is 73.1 Å². The van der Waals surface area contributed by atoms with E-state index in [1.165, 1.54) is 24.7 Å². The number of aromatic nitrogens is 2. The molecule has 25 heavy (non-hydrogen) atoms. The molecule has 0 spiro atoms. The van der Waals surface area contributed by atoms with Crippen molar-refractivity contribution in [2.45, 2.75) is 13.3 Å². The van der Waals surface area contributed by atoms with Gasteiger partial charge in [-0.05, 0) is 12.1 Å². The Bertz CT molecular complexity index is 816. The Balaban J connectivity index is 0. The van der Waals surface area contributed by atoms with Gasteiger partial charge in [0, 0.05) is 6.42 Å². The first-order valence-electron chi connectivity index (χ1n) is 6.68. The Morgan fingerprint density at radius 2 is 1.24 bits per heavy atom. The van der Waals surface area contributed by atoms with Gasteiger partial charge in [-0.3, -0.25) is 0 Å². The number of fused-ring (bicyclic) bond motifs is 2. The number of oxazole rings is 2. The van der Waals surface area contributed by atoms with Crippen molar-refractivity contribution in [1.29, 1.82) is 0 Å². The number of aryl methyl sites for hydroxylation is 1. The molecular weight excluding hydrogens is 485 g/mol. The molecule has 2 aromatic carbocycles. The zero-order chi connectivity index (χ0) is 14.7. The maximum absolute atomic E-state index is 5.41. The summed E-state index contributed by atoms with van der Waals surface area (Å²) < 4.78 is 11.5. The molecule has 9 heteroatoms. The minimum absolute atomic E-state index is 0. The molecule has 0 amide bonds. The van der Waals surface area contributed by atoms with Crippen LogP contribution in [0.15, 0.2) is 57.4 Å². The molecule has 0 N–H and O–H groups in total. The fourth-order valence-electron chi connectivity index (χ4n) is 1.94. The van der Waals surface area contributed by atoms with Crippen molar-refractivity contribution in [1.82, 2.24) is 9.97 Å². The molecule has 4 nitrogen and oxygen atoms in total. The third kappa shape index (κ3) is 6.92. The number of nitrogens with zero attached hydrogens (tertiary/aromatic N) is 2. The van der Waals surface area contributed by atoms with Crippen LogP contribution in [0.25, 0.3) is 22.2 Å². The van der Waals surface area contributed by atoms with Crippen LogP contribution in [-0.4, -0.2) is 9.97 Å². The van der Waals surface area contributed by atoms with Gasteiger partial charge in [-0.15, -0.1) is 0 Å². The van der Waals surface area contributed by atoms with Gasteiger partial charge in [0.05, 0.1) is 0 Å². The van der Waals surface area contributed by atoms with Gasteiger partial charge in [-0.1, -0.05) is 19.1 Å². The van der Waals surface area contributed by atoms with Crippen molar-refractivity contribution in [2.24, 2.45) is 0 Å². The van der Waals surface area contributed by atoms with Crippen LogP contribution in [0.4, 0.5) is 0 Å². The molecule has 0 saturated heterocycles. The Morgan fingerprint density at radius 3 is 1.72 bits per heavy atom. The molecule has 2 aromatic heterocycles. The third-order valence-electron chi connectivity index (χ3n) is 2.93. The van der Waals surface area contributed by atoms with E-state index in [4.69, 9.17) is 8.83 Å². The second-order valence-electron chi connectivity index (χ2n) is 4.42. The second kappa shape index (κ2) is 12.7. The summed E-state index contributed by atoms with van der Waals surface area (Å²) in [5.74, 6) is 0.811. The molecule has 0 saturated carbocycles. The van der Waals surface area contributed by atoms with E-state index < -0.39 is 0 Å². The Labute approximate surface area is 185 Å². The number of rotatable bonds is 1. The molecule has 2 heterocycles. The molecule has 4 aromatic rings. The van der Waals surface area contributed by atoms with E-state index in [0.717, 1.165) is 38.1 Å². The van der Waals surface area contributed by atoms with Crippen LogP contribution in [0.2, 0.25) is 0 Å². The van der Waals surface area contributed by atoms with Gasteiger partial charge in [-0.2, -0.15) is 0 Å². The van der Waals surface area contributed by atoms with Gasteiger partial charge < -0.3 is 54.0 Å². The van der Waals surface area contributed by atoms with Gasteiger partial charge in [0.25, 0.3) is 0 Å². The van der Waals surface area contributed by atoms with Crippen molar-refractivity contribution >= 4 is 25.8 Å². The van der Waals surface area contributed by atoms with Gasteiger partial charge in [-0.25, -0.2) is 4.98 Å². The molecule has 0 bridgehead atoms. The normalized spacial score (nSPS) is 8.92. The number of halogens is 4. The number of hydrogen-bond donors (Lipinski definition) is 0. The Kier molecular flexibility index (Phi) is 13.6. The molecule has 4 rings (SSSR count). The van der Waals surface area contributed by atoms with Gasteiger partial charge in [0.2, 0.25) is 0 Å². The summed E-state index contributed by atoms with van der Waals surface area (Å²) in [6, 6.07) is 15.6. The fourth-order valence-corrected chi connectivity index (χ4v) is 2.51. The van der Waals surface area contributed by atoms with Crippen LogP contribution in [0.5, 0.6) is 0 Å². The topological polar surface area (TPSA) is 52.1 Å². The minimum atomic E-state index is 0. The molecule has 0 aliphatic rings. The van der Waals surface area contributed by atoms with Crippen LogP contribution in [0.3, 0.4) is 0 Å². The molecule has 131 valence electrons. The second-order valence-corrected chi connectivity index (χ2v) is 5.47. The molecule has 0 radical (unpaired) electrons. The quantitative estimate of drug-likeness (QED) is 0.262. The van der Waals surface area contributed by atoms with E-state index >= 15 is 0 Å². The average Bonchev–Trinajstić information content (AvgIpc) is 3.09.